The number of carbonyl (C=O) groups is 2. The molecule has 1 aromatic carbocycles. The smallest absolute Gasteiger partial charge is 0.414 e. The minimum atomic E-state index is -3.51. The van der Waals surface area contributed by atoms with Crippen LogP contribution in [0.5, 0.6) is 0 Å². The molecule has 0 N–H and O–H groups in total. The summed E-state index contributed by atoms with van der Waals surface area (Å²) in [4.78, 5) is 31.5. The van der Waals surface area contributed by atoms with E-state index in [9.17, 15) is 22.4 Å². The van der Waals surface area contributed by atoms with Crippen LogP contribution in [-0.4, -0.2) is 100 Å². The van der Waals surface area contributed by atoms with E-state index in [0.717, 1.165) is 9.37 Å². The van der Waals surface area contributed by atoms with E-state index in [2.05, 4.69) is 12.6 Å². The van der Waals surface area contributed by atoms with Crippen molar-refractivity contribution in [2.24, 2.45) is 0 Å². The van der Waals surface area contributed by atoms with E-state index in [-0.39, 0.29) is 26.2 Å². The van der Waals surface area contributed by atoms with Crippen molar-refractivity contribution in [2.75, 3.05) is 70.3 Å². The van der Waals surface area contributed by atoms with Gasteiger partial charge in [-0.1, -0.05) is 12.6 Å². The molecule has 0 bridgehead atoms. The number of nitrogens with zero attached hydrogens (tertiary/aromatic N) is 5. The summed E-state index contributed by atoms with van der Waals surface area (Å²) in [6.07, 6.45) is -1.28. The quantitative estimate of drug-likeness (QED) is 0.448. The van der Waals surface area contributed by atoms with E-state index in [1.54, 1.807) is 17.0 Å². The van der Waals surface area contributed by atoms with E-state index < -0.39 is 33.5 Å². The van der Waals surface area contributed by atoms with E-state index in [4.69, 9.17) is 9.57 Å². The number of hydrogen-bond donors (Lipinski definition) is 1. The van der Waals surface area contributed by atoms with Crippen molar-refractivity contribution in [1.29, 1.82) is 0 Å². The zero-order chi connectivity index (χ0) is 23.6. The second-order valence-electron chi connectivity index (χ2n) is 7.50. The Morgan fingerprint density at radius 3 is 2.47 bits per heavy atom. The number of amides is 2. The van der Waals surface area contributed by atoms with E-state index >= 15 is 0 Å². The lowest BCUT2D eigenvalue weighted by atomic mass is 10.2. The van der Waals surface area contributed by atoms with Crippen LogP contribution >= 0.6 is 12.6 Å². The van der Waals surface area contributed by atoms with Gasteiger partial charge in [0.1, 0.15) is 18.5 Å². The van der Waals surface area contributed by atoms with Crippen molar-refractivity contribution in [1.82, 2.24) is 13.7 Å². The summed E-state index contributed by atoms with van der Waals surface area (Å²) < 4.78 is 47.1. The minimum absolute atomic E-state index is 0.0499. The van der Waals surface area contributed by atoms with Crippen molar-refractivity contribution < 1.29 is 32.0 Å². The number of carbonyl (C=O) groups excluding carboxylic acids is 2. The summed E-state index contributed by atoms with van der Waals surface area (Å²) >= 11 is 3.62. The third-order valence-electron chi connectivity index (χ3n) is 5.21. The van der Waals surface area contributed by atoms with Crippen LogP contribution in [0.3, 0.4) is 0 Å². The van der Waals surface area contributed by atoms with Gasteiger partial charge >= 0.3 is 11.3 Å². The Morgan fingerprint density at radius 1 is 1.25 bits per heavy atom. The second-order valence-corrected chi connectivity index (χ2v) is 10.0. The second kappa shape index (κ2) is 9.79. The number of rotatable bonds is 7. The number of halogens is 1. The molecule has 32 heavy (non-hydrogen) atoms. The maximum Gasteiger partial charge on any atom is 0.414 e. The normalized spacial score (nSPS) is 20.1. The Balaban J connectivity index is 1.62. The van der Waals surface area contributed by atoms with Crippen LogP contribution in [0.15, 0.2) is 18.2 Å². The maximum absolute atomic E-state index is 14.9. The fourth-order valence-electron chi connectivity index (χ4n) is 3.38. The number of ether oxygens (including phenoxy) is 1. The van der Waals surface area contributed by atoms with Crippen LogP contribution in [0.25, 0.3) is 0 Å². The van der Waals surface area contributed by atoms with Gasteiger partial charge in [0.15, 0.2) is 0 Å². The first-order valence-electron chi connectivity index (χ1n) is 9.80. The molecule has 2 aliphatic rings. The summed E-state index contributed by atoms with van der Waals surface area (Å²) in [7, 11) is 0.816. The SMILES string of the molecule is CN(OC[C@@H]1CN(c2ccc(N3CCN(S(=O)(=O)N(C)C)CC3)c(F)c2)C(=O)O1)C(=O)S. The molecule has 0 aromatic heterocycles. The standard InChI is InChI=1S/C18H26FN5O6S2/c1-20(2)32(27,28)23-8-6-22(7-9-23)16-5-4-13(10-15(16)19)24-11-14(30-17(24)25)12-29-21(3)18(26)31/h4-5,10,14H,6-9,11-12H2,1-3H3,(H,26,31)/t14-/m0/s1. The fraction of sp³-hybridized carbons (Fsp3) is 0.556. The molecule has 0 aliphatic carbocycles. The molecule has 2 aliphatic heterocycles. The predicted octanol–water partition coefficient (Wildman–Crippen LogP) is 0.992. The lowest BCUT2D eigenvalue weighted by Crippen LogP contribution is -2.51. The number of hydrogen-bond acceptors (Lipinski definition) is 7. The average Bonchev–Trinajstić information content (AvgIpc) is 3.12. The van der Waals surface area contributed by atoms with Crippen LogP contribution in [-0.2, 0) is 19.8 Å². The fourth-order valence-corrected chi connectivity index (χ4v) is 4.52. The largest absolute Gasteiger partial charge is 0.441 e. The summed E-state index contributed by atoms with van der Waals surface area (Å²) in [5.41, 5.74) is 0.656. The highest BCUT2D eigenvalue weighted by Crippen LogP contribution is 2.29. The molecule has 1 atom stereocenters. The van der Waals surface area contributed by atoms with Crippen LogP contribution in [0, 0.1) is 5.82 Å². The molecule has 2 saturated heterocycles. The number of piperazine rings is 1. The Hall–Kier alpha value is -2.13. The first-order valence-corrected chi connectivity index (χ1v) is 11.6. The Morgan fingerprint density at radius 2 is 1.91 bits per heavy atom. The van der Waals surface area contributed by atoms with E-state index in [1.807, 2.05) is 0 Å². The highest BCUT2D eigenvalue weighted by molar-refractivity contribution is 7.96. The van der Waals surface area contributed by atoms with Gasteiger partial charge in [0.05, 0.1) is 17.9 Å². The topological polar surface area (TPSA) is 103 Å². The van der Waals surface area contributed by atoms with Crippen molar-refractivity contribution in [3.05, 3.63) is 24.0 Å². The average molecular weight is 492 g/mol. The van der Waals surface area contributed by atoms with Gasteiger partial charge in [-0.2, -0.15) is 17.0 Å². The maximum atomic E-state index is 14.9. The van der Waals surface area contributed by atoms with Gasteiger partial charge in [0.25, 0.3) is 10.2 Å². The Labute approximate surface area is 191 Å². The highest BCUT2D eigenvalue weighted by atomic mass is 32.2. The summed E-state index contributed by atoms with van der Waals surface area (Å²) in [5, 5.41) is 0.321. The van der Waals surface area contributed by atoms with Crippen molar-refractivity contribution in [2.45, 2.75) is 6.10 Å². The molecule has 11 nitrogen and oxygen atoms in total. The number of hydroxylamine groups is 2. The molecule has 0 unspecified atom stereocenters. The monoisotopic (exact) mass is 491 g/mol. The Kier molecular flexibility index (Phi) is 7.50. The van der Waals surface area contributed by atoms with Crippen molar-refractivity contribution >= 4 is 45.5 Å². The lowest BCUT2D eigenvalue weighted by Gasteiger charge is -2.36. The summed E-state index contributed by atoms with van der Waals surface area (Å²) in [5.74, 6) is -0.528. The highest BCUT2D eigenvalue weighted by Gasteiger charge is 2.34. The minimum Gasteiger partial charge on any atom is -0.441 e. The summed E-state index contributed by atoms with van der Waals surface area (Å²) in [6, 6.07) is 4.41. The number of thiol groups is 1. The van der Waals surface area contributed by atoms with Crippen LogP contribution in [0.2, 0.25) is 0 Å². The Bertz CT molecular complexity index is 971. The van der Waals surface area contributed by atoms with Gasteiger partial charge in [0.2, 0.25) is 0 Å². The molecule has 0 radical (unpaired) electrons. The third kappa shape index (κ3) is 5.26. The van der Waals surface area contributed by atoms with Crippen LogP contribution in [0.1, 0.15) is 0 Å². The molecule has 2 fully saturated rings. The van der Waals surface area contributed by atoms with Crippen molar-refractivity contribution in [3.8, 4) is 0 Å². The molecule has 14 heteroatoms. The third-order valence-corrected chi connectivity index (χ3v) is 7.43. The van der Waals surface area contributed by atoms with Gasteiger partial charge in [-0.05, 0) is 18.2 Å². The van der Waals surface area contributed by atoms with Crippen LogP contribution in [0.4, 0.5) is 25.4 Å². The zero-order valence-corrected chi connectivity index (χ0v) is 19.7. The molecule has 3 rings (SSSR count). The zero-order valence-electron chi connectivity index (χ0n) is 18.0. The predicted molar refractivity (Wildman–Crippen MR) is 119 cm³/mol. The number of anilines is 2. The molecule has 2 heterocycles. The molecule has 0 spiro atoms. The number of cyclic esters (lactones) is 1. The first kappa shape index (κ1) is 24.5. The van der Waals surface area contributed by atoms with E-state index in [0.29, 0.717) is 24.5 Å². The van der Waals surface area contributed by atoms with Gasteiger partial charge in [0, 0.05) is 47.3 Å². The molecular weight excluding hydrogens is 465 g/mol. The number of benzene rings is 1. The lowest BCUT2D eigenvalue weighted by molar-refractivity contribution is -0.113. The molecule has 2 amide bonds. The molecule has 1 aromatic rings. The summed E-state index contributed by atoms with van der Waals surface area (Å²) in [6.45, 7) is 1.24. The molecule has 0 saturated carbocycles. The van der Waals surface area contributed by atoms with Gasteiger partial charge < -0.3 is 9.64 Å². The molecule has 178 valence electrons. The first-order chi connectivity index (χ1) is 15.0. The molecular formula is C18H26FN5O6S2. The van der Waals surface area contributed by atoms with E-state index in [1.165, 1.54) is 36.4 Å². The van der Waals surface area contributed by atoms with Crippen LogP contribution < -0.4 is 9.80 Å². The van der Waals surface area contributed by atoms with Gasteiger partial charge in [-0.3, -0.25) is 14.5 Å². The van der Waals surface area contributed by atoms with Gasteiger partial charge in [-0.25, -0.2) is 14.2 Å². The van der Waals surface area contributed by atoms with Crippen molar-refractivity contribution in [3.63, 3.8) is 0 Å². The van der Waals surface area contributed by atoms with Gasteiger partial charge in [-0.15, -0.1) is 0 Å².